The van der Waals surface area contributed by atoms with Gasteiger partial charge in [-0.3, -0.25) is 66.6 Å². The Bertz CT molecular complexity index is 3070. The first-order valence-electron chi connectivity index (χ1n) is 30.8. The first-order valence-corrected chi connectivity index (χ1v) is 33.3. The first kappa shape index (κ1) is 74.8. The van der Waals surface area contributed by atoms with Crippen molar-refractivity contribution in [3.05, 3.63) is 35.4 Å². The van der Waals surface area contributed by atoms with E-state index in [0.717, 1.165) is 9.80 Å². The summed E-state index contributed by atoms with van der Waals surface area (Å²) in [7, 11) is -1.02. The lowest BCUT2D eigenvalue weighted by Gasteiger charge is -2.32. The highest BCUT2D eigenvalue weighted by Crippen LogP contribution is 2.37. The fraction of sp³-hybridized carbons (Fsp3) is 0.633. The number of carbonyl (C=O) groups excluding carboxylic acids is 12. The summed E-state index contributed by atoms with van der Waals surface area (Å²) in [5, 5.41) is 47.7. The van der Waals surface area contributed by atoms with Gasteiger partial charge < -0.3 is 86.5 Å². The molecule has 4 aliphatic rings. The van der Waals surface area contributed by atoms with Gasteiger partial charge in [-0.05, 0) is 30.0 Å². The Morgan fingerprint density at radius 1 is 0.828 bits per heavy atom. The number of methoxy groups -OCH3 is 1. The van der Waals surface area contributed by atoms with E-state index in [9.17, 15) is 72.9 Å². The number of H-pyrrole nitrogens is 1. The van der Waals surface area contributed by atoms with Crippen molar-refractivity contribution in [3.8, 4) is 5.75 Å². The highest BCUT2D eigenvalue weighted by Gasteiger charge is 2.45. The van der Waals surface area contributed by atoms with Crippen LogP contribution in [0.5, 0.6) is 5.75 Å². The van der Waals surface area contributed by atoms with Crippen LogP contribution in [-0.2, 0) is 99.5 Å². The zero-order valence-electron chi connectivity index (χ0n) is 52.5. The predicted octanol–water partition coefficient (Wildman–Crippen LogP) is -3.71. The third kappa shape index (κ3) is 21.6. The summed E-state index contributed by atoms with van der Waals surface area (Å²) in [4.78, 5) is 169. The molecule has 0 aliphatic carbocycles. The van der Waals surface area contributed by atoms with Crippen LogP contribution in [0, 0.1) is 23.7 Å². The van der Waals surface area contributed by atoms with E-state index in [4.69, 9.17) is 29.4 Å². The number of thioether (sulfide) groups is 1. The zero-order valence-corrected chi connectivity index (χ0v) is 54.2. The number of aromatic nitrogens is 1. The number of aromatic amines is 1. The van der Waals surface area contributed by atoms with Gasteiger partial charge in [0, 0.05) is 91.1 Å². The van der Waals surface area contributed by atoms with Gasteiger partial charge in [-0.15, -0.1) is 0 Å². The van der Waals surface area contributed by atoms with E-state index in [1.54, 1.807) is 26.0 Å². The number of primary amides is 1. The van der Waals surface area contributed by atoms with E-state index >= 15 is 4.21 Å². The van der Waals surface area contributed by atoms with E-state index in [-0.39, 0.29) is 99.8 Å². The smallest absolute Gasteiger partial charge is 0.253 e. The summed E-state index contributed by atoms with van der Waals surface area (Å²) in [6.45, 7) is 4.33. The van der Waals surface area contributed by atoms with Crippen LogP contribution in [0.1, 0.15) is 70.4 Å². The molecule has 5 heterocycles. The monoisotopic (exact) mass is 1350 g/mol. The van der Waals surface area contributed by atoms with Gasteiger partial charge in [0.15, 0.2) is 11.6 Å². The molecule has 0 saturated carbocycles. The van der Waals surface area contributed by atoms with Gasteiger partial charge in [0.05, 0.1) is 133 Å². The minimum absolute atomic E-state index is 0.0557. The van der Waals surface area contributed by atoms with Crippen LogP contribution in [0.3, 0.4) is 0 Å². The summed E-state index contributed by atoms with van der Waals surface area (Å²) in [5.41, 5.74) is 6.59. The Kier molecular flexibility index (Phi) is 29.8. The molecule has 0 spiro atoms. The fourth-order valence-corrected chi connectivity index (χ4v) is 13.2. The van der Waals surface area contributed by atoms with Gasteiger partial charge in [-0.1, -0.05) is 27.2 Å². The molecule has 1 fully saturated rings. The summed E-state index contributed by atoms with van der Waals surface area (Å²) >= 11 is 1.38. The zero-order chi connectivity index (χ0) is 67.9. The number of nitrogens with zero attached hydrogens (tertiary/aromatic N) is 2. The summed E-state index contributed by atoms with van der Waals surface area (Å²) in [6, 6.07) is -3.77. The number of nitrogens with two attached hydrogens (primary N) is 1. The Labute approximate surface area is 543 Å². The number of carbonyl (C=O) groups is 12. The second-order valence-electron chi connectivity index (χ2n) is 23.0. The fourth-order valence-electron chi connectivity index (χ4n) is 11.0. The number of Topliss-reactive ketones (excluding diaryl/α,β-unsaturated/α-hetero) is 2. The van der Waals surface area contributed by atoms with Crippen LogP contribution in [0.15, 0.2) is 29.3 Å². The number of imide groups is 1. The standard InChI is InChI=1S/C60H86N10O21S2/c1-5-33(2)39-24-36(72)27-63-55(81)35-22-40-38-6-7-47(87-4)41(31-92-21-11-62-49(77)10-13-88-15-17-90-19-20-91-18-16-89-14-12-69-51(79)8-9-52(69)80)54(38)68-59(40)93(86)32-43(65-50(78)28-64-56(39)82)57(83)66-42(26-48(61)76)60(85)70-29-37(73)25-44(70)58(84)67-53(45(74)23-35)34(3)46(75)30-71/h6-9,33-35,37,39,42-44,46,53,68,71,73,75H,5,10-32H2,1-4H3,(H2,61,76)(H,62,77)(H,63,81)(H,64,82)(H,65,78)(H,66,83)(H,67,84)/t33-,34-,35+,37+,39-,42-,43-,44-,46-,53-,93?/m0/s1. The van der Waals surface area contributed by atoms with Gasteiger partial charge in [-0.25, -0.2) is 0 Å². The maximum absolute atomic E-state index is 15.3. The number of hydrogen-bond acceptors (Lipinski definition) is 22. The lowest BCUT2D eigenvalue weighted by molar-refractivity contribution is -0.144. The SMILES string of the molecule is CC[C@H](C)[C@@H]1CC(=O)CNC(=O)[C@H]2CC(=O)[C@H]([C@@H](C)[C@@H](O)CO)NC(=O)[C@@H]3C[C@@H](O)CN3C(=O)[C@H](CC(N)=O)NC(=O)[C@H](CS(=O)c3[nH]c4c(CSCCNC(=O)CCOCCOCCOCCOCCN5C(=O)C=CC5=O)c(OC)ccc4c3C2)NC(=O)CNC1=O. The van der Waals surface area contributed by atoms with Crippen molar-refractivity contribution in [2.45, 2.75) is 113 Å². The number of benzene rings is 1. The quantitative estimate of drug-likeness (QED) is 0.0288. The number of ether oxygens (including phenoxy) is 5. The van der Waals surface area contributed by atoms with E-state index in [1.807, 2.05) is 0 Å². The molecular weight excluding hydrogens is 1260 g/mol. The largest absolute Gasteiger partial charge is 0.496 e. The Balaban J connectivity index is 1.25. The maximum Gasteiger partial charge on any atom is 0.253 e. The topological polar surface area (TPSA) is 449 Å². The second kappa shape index (κ2) is 37.0. The Morgan fingerprint density at radius 3 is 2.13 bits per heavy atom. The van der Waals surface area contributed by atoms with Gasteiger partial charge in [0.2, 0.25) is 47.3 Å². The van der Waals surface area contributed by atoms with Gasteiger partial charge in [0.1, 0.15) is 28.9 Å². The van der Waals surface area contributed by atoms with Crippen LogP contribution >= 0.6 is 11.8 Å². The van der Waals surface area contributed by atoms with Crippen molar-refractivity contribution >= 4 is 104 Å². The molecule has 11 atom stereocenters. The third-order valence-corrected chi connectivity index (χ3v) is 18.8. The predicted molar refractivity (Wildman–Crippen MR) is 332 cm³/mol. The van der Waals surface area contributed by atoms with Crippen molar-refractivity contribution in [2.75, 3.05) is 111 Å². The van der Waals surface area contributed by atoms with Crippen LogP contribution in [0.2, 0.25) is 0 Å². The number of rotatable bonds is 28. The molecule has 93 heavy (non-hydrogen) atoms. The number of hydrogen-bond donors (Lipinski definition) is 11. The number of aliphatic hydroxyl groups is 3. The van der Waals surface area contributed by atoms with Crippen molar-refractivity contribution in [1.82, 2.24) is 46.7 Å². The normalized spacial score (nSPS) is 24.2. The van der Waals surface area contributed by atoms with E-state index in [2.05, 4.69) is 36.9 Å². The first-order chi connectivity index (χ1) is 44.5. The number of ketones is 2. The average Bonchev–Trinajstić information content (AvgIpc) is 1.63. The number of fused-ring (bicyclic) bond motifs is 5. The van der Waals surface area contributed by atoms with Crippen LogP contribution in [-0.4, -0.2) is 252 Å². The van der Waals surface area contributed by atoms with Gasteiger partial charge in [0.25, 0.3) is 11.8 Å². The highest BCUT2D eigenvalue weighted by atomic mass is 32.2. The summed E-state index contributed by atoms with van der Waals surface area (Å²) in [5.74, 6) is -13.6. The maximum atomic E-state index is 15.3. The second-order valence-corrected chi connectivity index (χ2v) is 25.5. The molecule has 4 aliphatic heterocycles. The molecule has 2 aromatic rings. The number of aliphatic hydroxyl groups excluding tert-OH is 3. The highest BCUT2D eigenvalue weighted by molar-refractivity contribution is 7.98. The van der Waals surface area contributed by atoms with Crippen molar-refractivity contribution in [2.24, 2.45) is 29.4 Å². The molecular formula is C60H86N10O21S2. The Hall–Kier alpha value is -7.24. The van der Waals surface area contributed by atoms with Gasteiger partial charge >= 0.3 is 0 Å². The average molecular weight is 1350 g/mol. The molecule has 1 saturated heterocycles. The van der Waals surface area contributed by atoms with E-state index in [0.29, 0.717) is 41.0 Å². The lowest BCUT2D eigenvalue weighted by atomic mass is 9.85. The van der Waals surface area contributed by atoms with Gasteiger partial charge in [-0.2, -0.15) is 11.8 Å². The van der Waals surface area contributed by atoms with Crippen LogP contribution in [0.25, 0.3) is 10.9 Å². The molecule has 1 unspecified atom stereocenters. The number of amides is 10. The molecule has 31 nitrogen and oxygen atoms in total. The molecule has 6 rings (SSSR count). The molecule has 12 N–H and O–H groups in total. The summed E-state index contributed by atoms with van der Waals surface area (Å²) in [6.07, 6.45) is -3.00. The minimum Gasteiger partial charge on any atom is -0.496 e. The molecule has 2 bridgehead atoms. The molecule has 1 aromatic carbocycles. The van der Waals surface area contributed by atoms with Crippen molar-refractivity contribution < 1.29 is 101 Å². The van der Waals surface area contributed by atoms with Crippen LogP contribution < -0.4 is 42.4 Å². The molecule has 0 radical (unpaired) electrons. The molecule has 514 valence electrons. The minimum atomic E-state index is -2.43. The number of nitrogens with one attached hydrogen (secondary N) is 7. The third-order valence-electron chi connectivity index (χ3n) is 16.4. The van der Waals surface area contributed by atoms with Crippen molar-refractivity contribution in [3.63, 3.8) is 0 Å². The van der Waals surface area contributed by atoms with Crippen LogP contribution in [0.4, 0.5) is 0 Å². The molecule has 1 aromatic heterocycles. The van der Waals surface area contributed by atoms with E-state index in [1.165, 1.54) is 37.9 Å². The molecule has 33 heteroatoms. The van der Waals surface area contributed by atoms with E-state index < -0.39 is 188 Å². The summed E-state index contributed by atoms with van der Waals surface area (Å²) < 4.78 is 43.1. The molecule has 10 amide bonds. The Morgan fingerprint density at radius 2 is 1.48 bits per heavy atom. The lowest BCUT2D eigenvalue weighted by Crippen LogP contribution is -2.60. The van der Waals surface area contributed by atoms with Crippen molar-refractivity contribution in [1.29, 1.82) is 0 Å².